The molecule has 132 valence electrons. The van der Waals surface area contributed by atoms with Crippen LogP contribution < -0.4 is 5.32 Å². The lowest BCUT2D eigenvalue weighted by Gasteiger charge is -2.11. The van der Waals surface area contributed by atoms with Gasteiger partial charge in [0.05, 0.1) is 11.4 Å². The van der Waals surface area contributed by atoms with Gasteiger partial charge in [0.25, 0.3) is 5.91 Å². The van der Waals surface area contributed by atoms with Crippen molar-refractivity contribution in [3.63, 3.8) is 0 Å². The highest BCUT2D eigenvalue weighted by Gasteiger charge is 2.23. The van der Waals surface area contributed by atoms with Gasteiger partial charge in [-0.2, -0.15) is 9.90 Å². The van der Waals surface area contributed by atoms with Crippen LogP contribution in [0.1, 0.15) is 34.2 Å². The zero-order valence-corrected chi connectivity index (χ0v) is 14.9. The number of aryl methyl sites for hydroxylation is 3. The van der Waals surface area contributed by atoms with Crippen molar-refractivity contribution in [2.45, 2.75) is 33.8 Å². The third-order valence-corrected chi connectivity index (χ3v) is 3.62. The van der Waals surface area contributed by atoms with E-state index in [2.05, 4.69) is 22.1 Å². The largest absolute Gasteiger partial charge is 0.448 e. The van der Waals surface area contributed by atoms with Crippen molar-refractivity contribution in [1.82, 2.24) is 20.3 Å². The topological polar surface area (TPSA) is 86.1 Å². The molecular formula is C18H22N4O3. The van der Waals surface area contributed by atoms with Crippen molar-refractivity contribution in [2.24, 2.45) is 0 Å². The van der Waals surface area contributed by atoms with Gasteiger partial charge < -0.3 is 10.1 Å². The minimum Gasteiger partial charge on any atom is -0.448 e. The first kappa shape index (κ1) is 18.4. The van der Waals surface area contributed by atoms with E-state index in [-0.39, 0.29) is 5.69 Å². The lowest BCUT2D eigenvalue weighted by molar-refractivity contribution is -0.128. The summed E-state index contributed by atoms with van der Waals surface area (Å²) in [5, 5.41) is 11.1. The Morgan fingerprint density at radius 1 is 1.32 bits per heavy atom. The zero-order chi connectivity index (χ0) is 18.6. The summed E-state index contributed by atoms with van der Waals surface area (Å²) in [7, 11) is 0. The van der Waals surface area contributed by atoms with Gasteiger partial charge in [-0.15, -0.1) is 11.7 Å². The Hall–Kier alpha value is -2.96. The summed E-state index contributed by atoms with van der Waals surface area (Å²) in [6.45, 7) is 10.9. The minimum absolute atomic E-state index is 0.0864. The van der Waals surface area contributed by atoms with Gasteiger partial charge in [-0.05, 0) is 39.3 Å². The Kier molecular flexibility index (Phi) is 5.69. The fourth-order valence-corrected chi connectivity index (χ4v) is 2.29. The molecule has 2 rings (SSSR count). The number of rotatable bonds is 6. The number of nitrogens with one attached hydrogen (secondary N) is 1. The number of amides is 1. The molecule has 0 saturated carbocycles. The number of carbonyl (C=O) groups excluding carboxylic acids is 2. The molecule has 1 amide bonds. The number of esters is 1. The van der Waals surface area contributed by atoms with Crippen molar-refractivity contribution >= 4 is 11.9 Å². The number of nitrogens with zero attached hydrogens (tertiary/aromatic N) is 3. The van der Waals surface area contributed by atoms with E-state index in [0.29, 0.717) is 12.2 Å². The smallest absolute Gasteiger partial charge is 0.361 e. The Balaban J connectivity index is 2.17. The predicted molar refractivity (Wildman–Crippen MR) is 93.7 cm³/mol. The molecule has 7 nitrogen and oxygen atoms in total. The number of ether oxygens (including phenoxy) is 1. The second-order valence-corrected chi connectivity index (χ2v) is 5.79. The average molecular weight is 342 g/mol. The summed E-state index contributed by atoms with van der Waals surface area (Å²) in [6, 6.07) is 5.85. The average Bonchev–Trinajstić information content (AvgIpc) is 2.94. The van der Waals surface area contributed by atoms with Crippen LogP contribution in [-0.4, -0.2) is 39.5 Å². The van der Waals surface area contributed by atoms with Gasteiger partial charge in [0, 0.05) is 6.54 Å². The first-order valence-electron chi connectivity index (χ1n) is 7.94. The van der Waals surface area contributed by atoms with Crippen LogP contribution in [0.2, 0.25) is 0 Å². The second-order valence-electron chi connectivity index (χ2n) is 5.79. The number of hydrogen-bond donors (Lipinski definition) is 1. The van der Waals surface area contributed by atoms with E-state index in [9.17, 15) is 9.59 Å². The molecule has 1 heterocycles. The van der Waals surface area contributed by atoms with Gasteiger partial charge in [-0.1, -0.05) is 23.8 Å². The van der Waals surface area contributed by atoms with Crippen LogP contribution in [0.25, 0.3) is 5.69 Å². The Bertz CT molecular complexity index is 811. The quantitative estimate of drug-likeness (QED) is 0.641. The molecule has 0 aliphatic rings. The van der Waals surface area contributed by atoms with Crippen LogP contribution in [0.5, 0.6) is 0 Å². The number of benzene rings is 1. The maximum absolute atomic E-state index is 12.3. The molecule has 1 aromatic carbocycles. The van der Waals surface area contributed by atoms with Gasteiger partial charge in [-0.3, -0.25) is 4.79 Å². The molecule has 25 heavy (non-hydrogen) atoms. The summed E-state index contributed by atoms with van der Waals surface area (Å²) in [6.07, 6.45) is 0.615. The molecule has 0 saturated heterocycles. The van der Waals surface area contributed by atoms with Crippen molar-refractivity contribution < 1.29 is 14.3 Å². The maximum atomic E-state index is 12.3. The Morgan fingerprint density at radius 3 is 2.68 bits per heavy atom. The summed E-state index contributed by atoms with van der Waals surface area (Å²) in [5.41, 5.74) is 3.42. The second kappa shape index (κ2) is 7.74. The minimum atomic E-state index is -0.932. The summed E-state index contributed by atoms with van der Waals surface area (Å²) in [5.74, 6) is -1.08. The zero-order valence-electron chi connectivity index (χ0n) is 14.9. The fourth-order valence-electron chi connectivity index (χ4n) is 2.29. The van der Waals surface area contributed by atoms with Crippen molar-refractivity contribution in [3.05, 3.63) is 53.4 Å². The van der Waals surface area contributed by atoms with Crippen molar-refractivity contribution in [1.29, 1.82) is 0 Å². The molecule has 0 aliphatic heterocycles. The molecule has 2 aromatic rings. The van der Waals surface area contributed by atoms with E-state index in [1.54, 1.807) is 13.0 Å². The van der Waals surface area contributed by atoms with Gasteiger partial charge in [0.1, 0.15) is 0 Å². The molecule has 0 spiro atoms. The number of aromatic nitrogens is 3. The highest BCUT2D eigenvalue weighted by atomic mass is 16.5. The van der Waals surface area contributed by atoms with E-state index in [0.717, 1.165) is 16.8 Å². The molecule has 1 N–H and O–H groups in total. The normalized spacial score (nSPS) is 11.7. The third kappa shape index (κ3) is 4.32. The van der Waals surface area contributed by atoms with E-state index < -0.39 is 18.0 Å². The van der Waals surface area contributed by atoms with Crippen LogP contribution in [0.4, 0.5) is 0 Å². The highest BCUT2D eigenvalue weighted by molar-refractivity contribution is 5.91. The lowest BCUT2D eigenvalue weighted by Crippen LogP contribution is -2.36. The van der Waals surface area contributed by atoms with E-state index in [1.807, 2.05) is 32.0 Å². The standard InChI is InChI=1S/C18H22N4O3/c1-6-9-19-17(23)14(5)25-18(24)16-13(4)20-22(21-16)15-8-7-11(2)10-12(15)3/h6-8,10,14H,1,9H2,2-5H3,(H,19,23)/t14-/m0/s1. The van der Waals surface area contributed by atoms with Crippen LogP contribution in [0.3, 0.4) is 0 Å². The fraction of sp³-hybridized carbons (Fsp3) is 0.333. The van der Waals surface area contributed by atoms with E-state index in [4.69, 9.17) is 4.74 Å². The van der Waals surface area contributed by atoms with Crippen LogP contribution in [0, 0.1) is 20.8 Å². The summed E-state index contributed by atoms with van der Waals surface area (Å²) >= 11 is 0. The molecule has 7 heteroatoms. The lowest BCUT2D eigenvalue weighted by atomic mass is 10.1. The first-order chi connectivity index (χ1) is 11.8. The monoisotopic (exact) mass is 342 g/mol. The molecule has 0 fully saturated rings. The number of carbonyl (C=O) groups is 2. The van der Waals surface area contributed by atoms with Crippen molar-refractivity contribution in [3.8, 4) is 5.69 Å². The van der Waals surface area contributed by atoms with Gasteiger partial charge in [0.2, 0.25) is 0 Å². The molecule has 0 unspecified atom stereocenters. The molecule has 1 atom stereocenters. The van der Waals surface area contributed by atoms with Gasteiger partial charge in [0.15, 0.2) is 11.8 Å². The molecule has 1 aromatic heterocycles. The Morgan fingerprint density at radius 2 is 2.04 bits per heavy atom. The van der Waals surface area contributed by atoms with Crippen molar-refractivity contribution in [2.75, 3.05) is 6.54 Å². The molecule has 0 radical (unpaired) electrons. The highest BCUT2D eigenvalue weighted by Crippen LogP contribution is 2.16. The first-order valence-corrected chi connectivity index (χ1v) is 7.94. The van der Waals surface area contributed by atoms with Crippen LogP contribution in [-0.2, 0) is 9.53 Å². The van der Waals surface area contributed by atoms with Crippen LogP contribution >= 0.6 is 0 Å². The molecule has 0 bridgehead atoms. The molecule has 0 aliphatic carbocycles. The van der Waals surface area contributed by atoms with Gasteiger partial charge >= 0.3 is 5.97 Å². The summed E-state index contributed by atoms with van der Waals surface area (Å²) < 4.78 is 5.17. The van der Waals surface area contributed by atoms with Crippen LogP contribution in [0.15, 0.2) is 30.9 Å². The van der Waals surface area contributed by atoms with E-state index in [1.165, 1.54) is 11.7 Å². The third-order valence-electron chi connectivity index (χ3n) is 3.62. The number of hydrogen-bond acceptors (Lipinski definition) is 5. The maximum Gasteiger partial charge on any atom is 0.361 e. The van der Waals surface area contributed by atoms with Gasteiger partial charge in [-0.25, -0.2) is 4.79 Å². The van der Waals surface area contributed by atoms with E-state index >= 15 is 0 Å². The Labute approximate surface area is 146 Å². The molecular weight excluding hydrogens is 320 g/mol. The summed E-state index contributed by atoms with van der Waals surface area (Å²) in [4.78, 5) is 25.5. The SMILES string of the molecule is C=CCNC(=O)[C@H](C)OC(=O)c1nn(-c2ccc(C)cc2C)nc1C. The predicted octanol–water partition coefficient (Wildman–Crippen LogP) is 2.04.